The highest BCUT2D eigenvalue weighted by atomic mass is 32.1. The van der Waals surface area contributed by atoms with Gasteiger partial charge in [-0.2, -0.15) is 0 Å². The zero-order valence-corrected chi connectivity index (χ0v) is 12.7. The summed E-state index contributed by atoms with van der Waals surface area (Å²) in [6.07, 6.45) is 3.98. The van der Waals surface area contributed by atoms with Gasteiger partial charge in [-0.1, -0.05) is 6.07 Å². The van der Waals surface area contributed by atoms with Crippen LogP contribution < -0.4 is 5.32 Å². The van der Waals surface area contributed by atoms with Crippen molar-refractivity contribution in [3.63, 3.8) is 0 Å². The molecule has 112 valence electrons. The largest absolute Gasteiger partial charge is 0.383 e. The number of hydrogen-bond acceptors (Lipinski definition) is 5. The molecule has 1 unspecified atom stereocenters. The zero-order valence-electron chi connectivity index (χ0n) is 11.9. The number of aliphatic hydroxyl groups is 1. The van der Waals surface area contributed by atoms with Gasteiger partial charge in [-0.25, -0.2) is 0 Å². The number of hydrogen-bond donors (Lipinski definition) is 2. The third-order valence-corrected chi connectivity index (χ3v) is 5.47. The lowest BCUT2D eigenvalue weighted by Gasteiger charge is -2.36. The van der Waals surface area contributed by atoms with Crippen molar-refractivity contribution in [2.24, 2.45) is 0 Å². The standard InChI is InChI=1S/C15H23NO3S/c1-14(17,13-3-2-10-20-13)11-16-12-4-6-15(7-5-12)18-8-9-19-15/h2-3,10,12,16-17H,4-9,11H2,1H3. The molecule has 2 fully saturated rings. The van der Waals surface area contributed by atoms with Gasteiger partial charge in [0.1, 0.15) is 5.60 Å². The van der Waals surface area contributed by atoms with Crippen LogP contribution in [0.5, 0.6) is 0 Å². The molecule has 0 amide bonds. The maximum Gasteiger partial charge on any atom is 0.168 e. The Morgan fingerprint density at radius 1 is 1.40 bits per heavy atom. The number of thiophene rings is 1. The predicted molar refractivity (Wildman–Crippen MR) is 78.8 cm³/mol. The van der Waals surface area contributed by atoms with Crippen molar-refractivity contribution in [2.75, 3.05) is 19.8 Å². The summed E-state index contributed by atoms with van der Waals surface area (Å²) < 4.78 is 11.5. The smallest absolute Gasteiger partial charge is 0.168 e. The average Bonchev–Trinajstić information content (AvgIpc) is 3.10. The molecule has 1 spiro atoms. The Kier molecular flexibility index (Phi) is 4.15. The van der Waals surface area contributed by atoms with E-state index in [1.165, 1.54) is 0 Å². The van der Waals surface area contributed by atoms with Gasteiger partial charge in [-0.15, -0.1) is 11.3 Å². The van der Waals surface area contributed by atoms with Crippen molar-refractivity contribution in [1.29, 1.82) is 0 Å². The first kappa shape index (κ1) is 14.5. The van der Waals surface area contributed by atoms with Crippen molar-refractivity contribution >= 4 is 11.3 Å². The number of ether oxygens (including phenoxy) is 2. The fourth-order valence-corrected chi connectivity index (χ4v) is 3.85. The van der Waals surface area contributed by atoms with E-state index in [4.69, 9.17) is 9.47 Å². The highest BCUT2D eigenvalue weighted by Crippen LogP contribution is 2.36. The minimum atomic E-state index is -0.788. The van der Waals surface area contributed by atoms with Crippen molar-refractivity contribution in [3.8, 4) is 0 Å². The SMILES string of the molecule is CC(O)(CNC1CCC2(CC1)OCCO2)c1cccs1. The second-order valence-corrected chi connectivity index (χ2v) is 6.96. The van der Waals surface area contributed by atoms with Crippen molar-refractivity contribution in [2.45, 2.75) is 50.0 Å². The Morgan fingerprint density at radius 2 is 2.10 bits per heavy atom. The fraction of sp³-hybridized carbons (Fsp3) is 0.733. The van der Waals surface area contributed by atoms with Gasteiger partial charge >= 0.3 is 0 Å². The summed E-state index contributed by atoms with van der Waals surface area (Å²) in [5.74, 6) is -0.297. The lowest BCUT2D eigenvalue weighted by atomic mass is 9.89. The lowest BCUT2D eigenvalue weighted by molar-refractivity contribution is -0.179. The van der Waals surface area contributed by atoms with E-state index in [0.29, 0.717) is 12.6 Å². The summed E-state index contributed by atoms with van der Waals surface area (Å²) in [6, 6.07) is 4.41. The van der Waals surface area contributed by atoms with Crippen LogP contribution in [0.2, 0.25) is 0 Å². The predicted octanol–water partition coefficient (Wildman–Crippen LogP) is 2.23. The first-order chi connectivity index (χ1) is 9.60. The average molecular weight is 297 g/mol. The Labute approximate surface area is 124 Å². The van der Waals surface area contributed by atoms with Crippen LogP contribution in [0.15, 0.2) is 17.5 Å². The van der Waals surface area contributed by atoms with Crippen molar-refractivity contribution in [3.05, 3.63) is 22.4 Å². The Hall–Kier alpha value is -0.460. The maximum absolute atomic E-state index is 10.5. The van der Waals surface area contributed by atoms with Gasteiger partial charge in [-0.3, -0.25) is 0 Å². The molecule has 2 N–H and O–H groups in total. The highest BCUT2D eigenvalue weighted by molar-refractivity contribution is 7.10. The van der Waals surface area contributed by atoms with Crippen LogP contribution in [0.25, 0.3) is 0 Å². The topological polar surface area (TPSA) is 50.7 Å². The molecule has 0 bridgehead atoms. The molecule has 1 aliphatic heterocycles. The lowest BCUT2D eigenvalue weighted by Crippen LogP contribution is -2.45. The van der Waals surface area contributed by atoms with Crippen LogP contribution >= 0.6 is 11.3 Å². The molecule has 20 heavy (non-hydrogen) atoms. The molecule has 1 saturated heterocycles. The molecular weight excluding hydrogens is 274 g/mol. The van der Waals surface area contributed by atoms with Crippen LogP contribution in [0.4, 0.5) is 0 Å². The molecular formula is C15H23NO3S. The molecule has 4 nitrogen and oxygen atoms in total. The van der Waals surface area contributed by atoms with Gasteiger partial charge in [-0.05, 0) is 31.2 Å². The van der Waals surface area contributed by atoms with Gasteiger partial charge in [0.05, 0.1) is 13.2 Å². The second kappa shape index (κ2) is 5.73. The Morgan fingerprint density at radius 3 is 2.70 bits per heavy atom. The molecule has 3 rings (SSSR count). The monoisotopic (exact) mass is 297 g/mol. The molecule has 1 aromatic rings. The first-order valence-corrected chi connectivity index (χ1v) is 8.25. The minimum Gasteiger partial charge on any atom is -0.383 e. The molecule has 0 aromatic carbocycles. The van der Waals surface area contributed by atoms with Gasteiger partial charge in [0.15, 0.2) is 5.79 Å². The second-order valence-electron chi connectivity index (χ2n) is 6.01. The van der Waals surface area contributed by atoms with E-state index in [2.05, 4.69) is 5.32 Å². The summed E-state index contributed by atoms with van der Waals surface area (Å²) in [4.78, 5) is 1.01. The minimum absolute atomic E-state index is 0.297. The van der Waals surface area contributed by atoms with Crippen LogP contribution in [-0.4, -0.2) is 36.7 Å². The van der Waals surface area contributed by atoms with Crippen molar-refractivity contribution in [1.82, 2.24) is 5.32 Å². The zero-order chi connectivity index (χ0) is 14.1. The molecule has 1 atom stereocenters. The fourth-order valence-electron chi connectivity index (χ4n) is 3.06. The van der Waals surface area contributed by atoms with Crippen LogP contribution in [-0.2, 0) is 15.1 Å². The molecule has 2 heterocycles. The van der Waals surface area contributed by atoms with Crippen molar-refractivity contribution < 1.29 is 14.6 Å². The third kappa shape index (κ3) is 3.07. The summed E-state index contributed by atoms with van der Waals surface area (Å²) >= 11 is 1.60. The van der Waals surface area contributed by atoms with Crippen LogP contribution in [0.3, 0.4) is 0 Å². The Balaban J connectivity index is 1.48. The number of nitrogens with one attached hydrogen (secondary N) is 1. The molecule has 5 heteroatoms. The molecule has 1 saturated carbocycles. The Bertz CT molecular complexity index is 416. The maximum atomic E-state index is 10.5. The van der Waals surface area contributed by atoms with Gasteiger partial charge in [0.2, 0.25) is 0 Å². The van der Waals surface area contributed by atoms with E-state index < -0.39 is 5.60 Å². The van der Waals surface area contributed by atoms with E-state index in [9.17, 15) is 5.11 Å². The van der Waals surface area contributed by atoms with Gasteiger partial charge < -0.3 is 19.9 Å². The van der Waals surface area contributed by atoms with E-state index in [1.807, 2.05) is 24.4 Å². The third-order valence-electron chi connectivity index (χ3n) is 4.35. The van der Waals surface area contributed by atoms with Gasteiger partial charge in [0.25, 0.3) is 0 Å². The summed E-state index contributed by atoms with van der Waals surface area (Å²) in [7, 11) is 0. The molecule has 1 aliphatic carbocycles. The molecule has 0 radical (unpaired) electrons. The normalized spacial score (nSPS) is 25.9. The van der Waals surface area contributed by atoms with E-state index >= 15 is 0 Å². The van der Waals surface area contributed by atoms with Gasteiger partial charge in [0, 0.05) is 30.3 Å². The number of rotatable bonds is 4. The van der Waals surface area contributed by atoms with E-state index in [0.717, 1.165) is 43.8 Å². The quantitative estimate of drug-likeness (QED) is 0.895. The van der Waals surface area contributed by atoms with E-state index in [-0.39, 0.29) is 5.79 Å². The summed E-state index contributed by atoms with van der Waals surface area (Å²) in [6.45, 7) is 3.92. The summed E-state index contributed by atoms with van der Waals surface area (Å²) in [5, 5.41) is 16.0. The molecule has 2 aliphatic rings. The van der Waals surface area contributed by atoms with E-state index in [1.54, 1.807) is 11.3 Å². The summed E-state index contributed by atoms with van der Waals surface area (Å²) in [5.41, 5.74) is -0.788. The first-order valence-electron chi connectivity index (χ1n) is 7.37. The highest BCUT2D eigenvalue weighted by Gasteiger charge is 2.40. The van der Waals surface area contributed by atoms with Crippen LogP contribution in [0, 0.1) is 0 Å². The molecule has 1 aromatic heterocycles. The van der Waals surface area contributed by atoms with Crippen LogP contribution in [0.1, 0.15) is 37.5 Å².